The van der Waals surface area contributed by atoms with Crippen molar-refractivity contribution >= 4 is 15.9 Å². The molecule has 2 rings (SSSR count). The van der Waals surface area contributed by atoms with Crippen molar-refractivity contribution in [3.8, 4) is 0 Å². The number of halogens is 1. The van der Waals surface area contributed by atoms with Crippen molar-refractivity contribution in [1.82, 2.24) is 15.1 Å². The van der Waals surface area contributed by atoms with Gasteiger partial charge < -0.3 is 5.32 Å². The van der Waals surface area contributed by atoms with Gasteiger partial charge in [0.1, 0.15) is 0 Å². The van der Waals surface area contributed by atoms with Gasteiger partial charge in [-0.1, -0.05) is 19.8 Å². The minimum atomic E-state index is 0.432. The maximum absolute atomic E-state index is 4.56. The molecule has 20 heavy (non-hydrogen) atoms. The number of aromatic nitrogens is 2. The Bertz CT molecular complexity index is 414. The molecular weight excluding hydrogens is 314 g/mol. The van der Waals surface area contributed by atoms with Crippen LogP contribution in [0.1, 0.15) is 76.9 Å². The molecule has 2 atom stereocenters. The summed E-state index contributed by atoms with van der Waals surface area (Å²) < 4.78 is 3.39. The first-order valence-corrected chi connectivity index (χ1v) is 8.89. The fourth-order valence-corrected chi connectivity index (χ4v) is 3.88. The summed E-state index contributed by atoms with van der Waals surface area (Å²) in [5.74, 6) is 0.631. The van der Waals surface area contributed by atoms with Gasteiger partial charge in [0.2, 0.25) is 0 Å². The molecule has 1 aromatic rings. The fraction of sp³-hybridized carbons (Fsp3) is 0.812. The Morgan fingerprint density at radius 1 is 1.40 bits per heavy atom. The summed E-state index contributed by atoms with van der Waals surface area (Å²) in [6.07, 6.45) is 9.74. The predicted molar refractivity (Wildman–Crippen MR) is 88.2 cm³/mol. The maximum atomic E-state index is 4.56. The average molecular weight is 342 g/mol. The number of rotatable bonds is 5. The lowest BCUT2D eigenvalue weighted by molar-refractivity contribution is 0.413. The largest absolute Gasteiger partial charge is 0.314 e. The van der Waals surface area contributed by atoms with Crippen LogP contribution in [0.5, 0.6) is 0 Å². The molecular formula is C16H28BrN3. The van der Waals surface area contributed by atoms with E-state index in [1.54, 1.807) is 0 Å². The first kappa shape index (κ1) is 16.0. The average Bonchev–Trinajstić information content (AvgIpc) is 2.67. The van der Waals surface area contributed by atoms with Gasteiger partial charge in [-0.25, -0.2) is 0 Å². The second kappa shape index (κ2) is 7.60. The highest BCUT2D eigenvalue weighted by Gasteiger charge is 2.26. The number of nitrogens with one attached hydrogen (secondary N) is 1. The lowest BCUT2D eigenvalue weighted by Crippen LogP contribution is -2.30. The molecule has 2 unspecified atom stereocenters. The summed E-state index contributed by atoms with van der Waals surface area (Å²) in [5.41, 5.74) is 1.41. The zero-order valence-electron chi connectivity index (χ0n) is 13.0. The van der Waals surface area contributed by atoms with E-state index in [1.165, 1.54) is 48.7 Å². The van der Waals surface area contributed by atoms with Crippen LogP contribution < -0.4 is 5.32 Å². The summed E-state index contributed by atoms with van der Waals surface area (Å²) in [6, 6.07) is 1.10. The van der Waals surface area contributed by atoms with Gasteiger partial charge in [0.15, 0.2) is 0 Å². The van der Waals surface area contributed by atoms with Crippen molar-refractivity contribution in [3.05, 3.63) is 16.4 Å². The molecule has 1 aliphatic carbocycles. The zero-order chi connectivity index (χ0) is 14.5. The molecule has 0 aliphatic heterocycles. The van der Waals surface area contributed by atoms with Crippen LogP contribution in [0.15, 0.2) is 10.7 Å². The molecule has 0 saturated heterocycles. The Labute approximate surface area is 131 Å². The summed E-state index contributed by atoms with van der Waals surface area (Å²) >= 11 is 3.72. The van der Waals surface area contributed by atoms with Crippen LogP contribution in [0.4, 0.5) is 0 Å². The van der Waals surface area contributed by atoms with Crippen LogP contribution in [-0.2, 0) is 0 Å². The molecule has 1 aliphatic rings. The van der Waals surface area contributed by atoms with Gasteiger partial charge in [-0.3, -0.25) is 4.68 Å². The highest BCUT2D eigenvalue weighted by Crippen LogP contribution is 2.36. The van der Waals surface area contributed by atoms with Crippen molar-refractivity contribution in [2.75, 3.05) is 6.54 Å². The molecule has 0 bridgehead atoms. The van der Waals surface area contributed by atoms with Gasteiger partial charge >= 0.3 is 0 Å². The molecule has 0 spiro atoms. The van der Waals surface area contributed by atoms with E-state index in [-0.39, 0.29) is 0 Å². The number of nitrogens with zero attached hydrogens (tertiary/aromatic N) is 2. The smallest absolute Gasteiger partial charge is 0.0635 e. The second-order valence-electron chi connectivity index (χ2n) is 6.28. The van der Waals surface area contributed by atoms with Gasteiger partial charge in [0, 0.05) is 18.0 Å². The Morgan fingerprint density at radius 3 is 2.85 bits per heavy atom. The molecule has 0 aromatic carbocycles. The summed E-state index contributed by atoms with van der Waals surface area (Å²) in [4.78, 5) is 0. The van der Waals surface area contributed by atoms with Gasteiger partial charge in [0.05, 0.1) is 16.4 Å². The lowest BCUT2D eigenvalue weighted by atomic mass is 9.94. The quantitative estimate of drug-likeness (QED) is 0.790. The Balaban J connectivity index is 2.15. The number of hydrogen-bond donors (Lipinski definition) is 1. The molecule has 114 valence electrons. The Morgan fingerprint density at radius 2 is 2.15 bits per heavy atom. The molecule has 1 aromatic heterocycles. The van der Waals surface area contributed by atoms with E-state index in [1.807, 2.05) is 6.20 Å². The minimum absolute atomic E-state index is 0.432. The third-order valence-corrected chi connectivity index (χ3v) is 4.88. The van der Waals surface area contributed by atoms with Gasteiger partial charge in [-0.15, -0.1) is 0 Å². The summed E-state index contributed by atoms with van der Waals surface area (Å²) in [6.45, 7) is 7.81. The Kier molecular flexibility index (Phi) is 6.09. The standard InChI is InChI=1S/C16H28BrN3/c1-4-9-18-14-8-6-5-7-13(10-14)16-15(17)11-19-20(16)12(2)3/h11-14,18H,4-10H2,1-3H3. The monoisotopic (exact) mass is 341 g/mol. The van der Waals surface area contributed by atoms with E-state index < -0.39 is 0 Å². The molecule has 1 saturated carbocycles. The van der Waals surface area contributed by atoms with Crippen molar-refractivity contribution in [1.29, 1.82) is 0 Å². The lowest BCUT2D eigenvalue weighted by Gasteiger charge is -2.23. The third-order valence-electron chi connectivity index (χ3n) is 4.27. The van der Waals surface area contributed by atoms with E-state index in [9.17, 15) is 0 Å². The highest BCUT2D eigenvalue weighted by molar-refractivity contribution is 9.10. The van der Waals surface area contributed by atoms with Crippen LogP contribution in [0, 0.1) is 0 Å². The highest BCUT2D eigenvalue weighted by atomic mass is 79.9. The molecule has 0 radical (unpaired) electrons. The fourth-order valence-electron chi connectivity index (χ4n) is 3.29. The predicted octanol–water partition coefficient (Wildman–Crippen LogP) is 4.64. The van der Waals surface area contributed by atoms with Crippen molar-refractivity contribution < 1.29 is 0 Å². The molecule has 1 fully saturated rings. The van der Waals surface area contributed by atoms with Crippen LogP contribution in [0.2, 0.25) is 0 Å². The van der Waals surface area contributed by atoms with E-state index in [0.29, 0.717) is 18.0 Å². The molecule has 1 N–H and O–H groups in total. The maximum Gasteiger partial charge on any atom is 0.0635 e. The topological polar surface area (TPSA) is 29.9 Å². The molecule has 0 amide bonds. The Hall–Kier alpha value is -0.350. The van der Waals surface area contributed by atoms with E-state index >= 15 is 0 Å². The van der Waals surface area contributed by atoms with Gasteiger partial charge in [-0.05, 0) is 62.0 Å². The minimum Gasteiger partial charge on any atom is -0.314 e. The summed E-state index contributed by atoms with van der Waals surface area (Å²) in [5, 5.41) is 8.28. The van der Waals surface area contributed by atoms with E-state index in [4.69, 9.17) is 0 Å². The first-order chi connectivity index (χ1) is 9.63. The van der Waals surface area contributed by atoms with E-state index in [0.717, 1.165) is 6.54 Å². The molecule has 3 nitrogen and oxygen atoms in total. The van der Waals surface area contributed by atoms with Crippen molar-refractivity contribution in [3.63, 3.8) is 0 Å². The molecule has 1 heterocycles. The third kappa shape index (κ3) is 3.85. The van der Waals surface area contributed by atoms with Crippen LogP contribution in [0.25, 0.3) is 0 Å². The number of hydrogen-bond acceptors (Lipinski definition) is 2. The second-order valence-corrected chi connectivity index (χ2v) is 7.14. The zero-order valence-corrected chi connectivity index (χ0v) is 14.6. The van der Waals surface area contributed by atoms with Gasteiger partial charge in [-0.2, -0.15) is 5.10 Å². The van der Waals surface area contributed by atoms with Crippen LogP contribution in [-0.4, -0.2) is 22.4 Å². The van der Waals surface area contributed by atoms with Gasteiger partial charge in [0.25, 0.3) is 0 Å². The van der Waals surface area contributed by atoms with E-state index in [2.05, 4.69) is 51.8 Å². The SMILES string of the molecule is CCCNC1CCCCC(c2c(Br)cnn2C(C)C)C1. The normalized spacial score (nSPS) is 24.1. The van der Waals surface area contributed by atoms with Crippen molar-refractivity contribution in [2.45, 2.75) is 77.3 Å². The summed E-state index contributed by atoms with van der Waals surface area (Å²) in [7, 11) is 0. The van der Waals surface area contributed by atoms with Crippen molar-refractivity contribution in [2.24, 2.45) is 0 Å². The molecule has 4 heteroatoms. The first-order valence-electron chi connectivity index (χ1n) is 8.09. The van der Waals surface area contributed by atoms with Crippen LogP contribution >= 0.6 is 15.9 Å². The van der Waals surface area contributed by atoms with Crippen LogP contribution in [0.3, 0.4) is 0 Å².